The van der Waals surface area contributed by atoms with Gasteiger partial charge in [0.25, 0.3) is 0 Å². The number of phenols is 1. The predicted octanol–water partition coefficient (Wildman–Crippen LogP) is -0.822. The van der Waals surface area contributed by atoms with Crippen molar-refractivity contribution in [1.82, 2.24) is 31.9 Å². The number of carbonyl (C=O) groups excluding carboxylic acids is 6. The molecule has 0 aromatic heterocycles. The van der Waals surface area contributed by atoms with Crippen LogP contribution in [0.2, 0.25) is 0 Å². The molecule has 6 amide bonds. The van der Waals surface area contributed by atoms with Crippen LogP contribution >= 0.6 is 0 Å². The van der Waals surface area contributed by atoms with Gasteiger partial charge < -0.3 is 42.1 Å². The number of benzene rings is 2. The summed E-state index contributed by atoms with van der Waals surface area (Å²) in [7, 11) is 0. The van der Waals surface area contributed by atoms with Crippen molar-refractivity contribution >= 4 is 35.4 Å². The largest absolute Gasteiger partial charge is 0.508 e. The molecule has 0 bridgehead atoms. The maximum atomic E-state index is 13.8. The Kier molecular flexibility index (Phi) is 13.3. The minimum absolute atomic E-state index is 0.00956. The highest BCUT2D eigenvalue weighted by atomic mass is 16.3. The molecule has 1 aliphatic heterocycles. The summed E-state index contributed by atoms with van der Waals surface area (Å²) >= 11 is 0. The monoisotopic (exact) mass is 652 g/mol. The molecule has 0 spiro atoms. The first-order valence-electron chi connectivity index (χ1n) is 15.5. The first kappa shape index (κ1) is 36.5. The molecule has 1 aliphatic rings. The second-order valence-corrected chi connectivity index (χ2v) is 12.1. The van der Waals surface area contributed by atoms with Crippen LogP contribution in [0.3, 0.4) is 0 Å². The lowest BCUT2D eigenvalue weighted by Gasteiger charge is -2.28. The van der Waals surface area contributed by atoms with Crippen LogP contribution in [0.1, 0.15) is 45.2 Å². The molecule has 14 heteroatoms. The van der Waals surface area contributed by atoms with Crippen molar-refractivity contribution in [2.45, 2.75) is 83.3 Å². The maximum absolute atomic E-state index is 13.8. The van der Waals surface area contributed by atoms with Crippen LogP contribution in [0.15, 0.2) is 54.6 Å². The molecule has 47 heavy (non-hydrogen) atoms. The number of aliphatic hydroxyl groups is 1. The van der Waals surface area contributed by atoms with E-state index in [1.54, 1.807) is 42.5 Å². The molecule has 1 heterocycles. The molecule has 0 unspecified atom stereocenters. The molecular formula is C33H44N6O8. The van der Waals surface area contributed by atoms with Crippen molar-refractivity contribution in [3.05, 3.63) is 65.7 Å². The molecule has 6 atom stereocenters. The molecule has 8 N–H and O–H groups in total. The zero-order valence-electron chi connectivity index (χ0n) is 26.9. The summed E-state index contributed by atoms with van der Waals surface area (Å²) in [6.45, 7) is 5.81. The maximum Gasteiger partial charge on any atom is 0.245 e. The summed E-state index contributed by atoms with van der Waals surface area (Å²) < 4.78 is 0. The van der Waals surface area contributed by atoms with Crippen LogP contribution in [0.4, 0.5) is 0 Å². The molecule has 14 nitrogen and oxygen atoms in total. The van der Waals surface area contributed by atoms with Gasteiger partial charge in [0.2, 0.25) is 35.4 Å². The minimum Gasteiger partial charge on any atom is -0.508 e. The van der Waals surface area contributed by atoms with Crippen molar-refractivity contribution in [3.63, 3.8) is 0 Å². The van der Waals surface area contributed by atoms with Gasteiger partial charge in [0.15, 0.2) is 0 Å². The molecule has 0 radical (unpaired) electrons. The highest BCUT2D eigenvalue weighted by Gasteiger charge is 2.34. The average molecular weight is 653 g/mol. The lowest BCUT2D eigenvalue weighted by molar-refractivity contribution is -0.136. The van der Waals surface area contributed by atoms with E-state index in [9.17, 15) is 39.0 Å². The number of nitrogens with one attached hydrogen (secondary N) is 6. The smallest absolute Gasteiger partial charge is 0.245 e. The molecule has 0 aliphatic carbocycles. The van der Waals surface area contributed by atoms with Crippen molar-refractivity contribution in [2.75, 3.05) is 6.54 Å². The van der Waals surface area contributed by atoms with E-state index in [0.29, 0.717) is 11.1 Å². The van der Waals surface area contributed by atoms with E-state index in [1.807, 2.05) is 13.8 Å². The first-order chi connectivity index (χ1) is 22.2. The molecule has 2 aromatic carbocycles. The van der Waals surface area contributed by atoms with Crippen molar-refractivity contribution in [3.8, 4) is 5.75 Å². The van der Waals surface area contributed by atoms with E-state index in [-0.39, 0.29) is 30.9 Å². The topological polar surface area (TPSA) is 215 Å². The van der Waals surface area contributed by atoms with Gasteiger partial charge in [-0.1, -0.05) is 56.3 Å². The van der Waals surface area contributed by atoms with Crippen molar-refractivity contribution in [1.29, 1.82) is 0 Å². The van der Waals surface area contributed by atoms with Gasteiger partial charge in [0.1, 0.15) is 36.0 Å². The normalized spacial score (nSPS) is 24.4. The average Bonchev–Trinajstić information content (AvgIpc) is 3.01. The van der Waals surface area contributed by atoms with Crippen LogP contribution in [0.5, 0.6) is 5.75 Å². The lowest BCUT2D eigenvalue weighted by Crippen LogP contribution is -2.61. The number of aromatic hydroxyl groups is 1. The predicted molar refractivity (Wildman–Crippen MR) is 171 cm³/mol. The van der Waals surface area contributed by atoms with Crippen LogP contribution in [0, 0.1) is 5.92 Å². The van der Waals surface area contributed by atoms with E-state index in [1.165, 1.54) is 26.0 Å². The van der Waals surface area contributed by atoms with Gasteiger partial charge in [-0.3, -0.25) is 28.8 Å². The van der Waals surface area contributed by atoms with E-state index in [0.717, 1.165) is 0 Å². The summed E-state index contributed by atoms with van der Waals surface area (Å²) in [5.74, 6) is -4.47. The Labute approximate surface area is 273 Å². The van der Waals surface area contributed by atoms with Gasteiger partial charge in [-0.2, -0.15) is 0 Å². The highest BCUT2D eigenvalue weighted by molar-refractivity contribution is 5.97. The molecule has 1 saturated heterocycles. The Morgan fingerprint density at radius 1 is 0.660 bits per heavy atom. The van der Waals surface area contributed by atoms with Crippen LogP contribution in [0.25, 0.3) is 0 Å². The van der Waals surface area contributed by atoms with Crippen LogP contribution < -0.4 is 31.9 Å². The van der Waals surface area contributed by atoms with Gasteiger partial charge in [-0.05, 0) is 49.4 Å². The Morgan fingerprint density at radius 2 is 1.17 bits per heavy atom. The summed E-state index contributed by atoms with van der Waals surface area (Å²) in [6, 6.07) is 8.72. The lowest BCUT2D eigenvalue weighted by atomic mass is 9.99. The number of amides is 6. The van der Waals surface area contributed by atoms with Gasteiger partial charge in [0.05, 0.1) is 12.6 Å². The summed E-state index contributed by atoms with van der Waals surface area (Å²) in [5.41, 5.74) is 1.29. The molecular weight excluding hydrogens is 608 g/mol. The minimum atomic E-state index is -1.48. The quantitative estimate of drug-likeness (QED) is 0.189. The van der Waals surface area contributed by atoms with E-state index in [2.05, 4.69) is 31.9 Å². The van der Waals surface area contributed by atoms with Gasteiger partial charge in [0, 0.05) is 12.8 Å². The van der Waals surface area contributed by atoms with Gasteiger partial charge >= 0.3 is 0 Å². The highest BCUT2D eigenvalue weighted by Crippen LogP contribution is 2.13. The fourth-order valence-corrected chi connectivity index (χ4v) is 4.97. The van der Waals surface area contributed by atoms with Crippen molar-refractivity contribution < 1.29 is 39.0 Å². The van der Waals surface area contributed by atoms with Crippen LogP contribution in [-0.2, 0) is 41.6 Å². The zero-order chi connectivity index (χ0) is 34.7. The third kappa shape index (κ3) is 11.4. The number of phenolic OH excluding ortho intramolecular Hbond substituents is 1. The van der Waals surface area contributed by atoms with E-state index in [4.69, 9.17) is 0 Å². The number of rotatable bonds is 7. The summed E-state index contributed by atoms with van der Waals surface area (Å²) in [4.78, 5) is 79.8. The van der Waals surface area contributed by atoms with Crippen LogP contribution in [-0.4, -0.2) is 88.5 Å². The Bertz CT molecular complexity index is 1420. The number of hydrogen-bond acceptors (Lipinski definition) is 8. The second kappa shape index (κ2) is 17.1. The first-order valence-corrected chi connectivity index (χ1v) is 15.5. The van der Waals surface area contributed by atoms with E-state index < -0.39 is 78.3 Å². The standard InChI is InChI=1S/C33H44N6O8/c1-18(2)14-24-31(45)37-25(16-22-10-12-23(41)13-11-22)30(44)35-19(3)29(43)34-17-27(42)39-28(20(4)40)33(47)38-26(32(46)36-24)15-21-8-6-5-7-9-21/h5-13,18-20,24-26,28,40-41H,14-17H2,1-4H3,(H,34,43)(H,35,44)(H,36,46)(H,37,45)(H,38,47)(H,39,42)/t19-,20+,24-,25-,26-,28-/m0/s1. The molecule has 2 aromatic rings. The Morgan fingerprint density at radius 3 is 1.74 bits per heavy atom. The SMILES string of the molecule is CC(C)C[C@@H]1NC(=O)[C@H](Cc2ccccc2)NC(=O)[C@H]([C@@H](C)O)NC(=O)CNC(=O)[C@H](C)NC(=O)[C@H](Cc2ccc(O)cc2)NC1=O. The number of carbonyl (C=O) groups is 6. The third-order valence-corrected chi connectivity index (χ3v) is 7.52. The van der Waals surface area contributed by atoms with Crippen molar-refractivity contribution in [2.24, 2.45) is 5.92 Å². The molecule has 1 fully saturated rings. The number of aliphatic hydroxyl groups excluding tert-OH is 1. The fourth-order valence-electron chi connectivity index (χ4n) is 4.97. The fraction of sp³-hybridized carbons (Fsp3) is 0.455. The Hall–Kier alpha value is -4.98. The van der Waals surface area contributed by atoms with E-state index >= 15 is 0 Å². The van der Waals surface area contributed by atoms with Gasteiger partial charge in [-0.15, -0.1) is 0 Å². The molecule has 0 saturated carbocycles. The summed E-state index contributed by atoms with van der Waals surface area (Å²) in [5, 5.41) is 35.4. The third-order valence-electron chi connectivity index (χ3n) is 7.52. The van der Waals surface area contributed by atoms with Gasteiger partial charge in [-0.25, -0.2) is 0 Å². The number of hydrogen-bond donors (Lipinski definition) is 8. The zero-order valence-corrected chi connectivity index (χ0v) is 26.9. The molecule has 254 valence electrons. The Balaban J connectivity index is 2.00. The molecule has 3 rings (SSSR count). The summed E-state index contributed by atoms with van der Waals surface area (Å²) in [6.07, 6.45) is -1.18. The second-order valence-electron chi connectivity index (χ2n) is 12.1.